The molecule has 0 saturated carbocycles. The largest absolute Gasteiger partial charge is 0.493 e. The van der Waals surface area contributed by atoms with E-state index >= 15 is 0 Å². The Labute approximate surface area is 199 Å². The summed E-state index contributed by atoms with van der Waals surface area (Å²) < 4.78 is 12.5. The van der Waals surface area contributed by atoms with Crippen molar-refractivity contribution in [1.29, 1.82) is 0 Å². The summed E-state index contributed by atoms with van der Waals surface area (Å²) in [4.78, 5) is 8.18. The second-order valence-corrected chi connectivity index (χ2v) is 7.82. The monoisotopic (exact) mass is 455 g/mol. The third-order valence-electron chi connectivity index (χ3n) is 5.44. The molecule has 174 valence electrons. The van der Waals surface area contributed by atoms with E-state index in [0.717, 1.165) is 45.0 Å². The lowest BCUT2D eigenvalue weighted by Crippen LogP contribution is -2.05. The number of rotatable bonds is 9. The summed E-state index contributed by atoms with van der Waals surface area (Å²) in [5.74, 6) is 2.00. The highest BCUT2D eigenvalue weighted by atomic mass is 16.5. The SMILES string of the molecule is CCOc1cc(Cc2cnc(N)nc2N)cc(OCc2ccccc2)c1-c1ccc(NC)cc1. The van der Waals surface area contributed by atoms with Crippen molar-refractivity contribution in [2.75, 3.05) is 30.4 Å². The highest BCUT2D eigenvalue weighted by Gasteiger charge is 2.17. The summed E-state index contributed by atoms with van der Waals surface area (Å²) >= 11 is 0. The molecule has 3 aromatic carbocycles. The molecule has 0 aliphatic heterocycles. The van der Waals surface area contributed by atoms with E-state index < -0.39 is 0 Å². The minimum absolute atomic E-state index is 0.156. The lowest BCUT2D eigenvalue weighted by molar-refractivity contribution is 0.301. The quantitative estimate of drug-likeness (QED) is 0.329. The molecule has 0 radical (unpaired) electrons. The van der Waals surface area contributed by atoms with Gasteiger partial charge in [-0.25, -0.2) is 4.98 Å². The summed E-state index contributed by atoms with van der Waals surface area (Å²) in [5, 5.41) is 3.16. The van der Waals surface area contributed by atoms with Crippen molar-refractivity contribution in [3.8, 4) is 22.6 Å². The van der Waals surface area contributed by atoms with Crippen LogP contribution in [0.5, 0.6) is 11.5 Å². The van der Waals surface area contributed by atoms with Crippen LogP contribution in [0.15, 0.2) is 72.9 Å². The summed E-state index contributed by atoms with van der Waals surface area (Å²) in [6.45, 7) is 2.93. The molecule has 0 spiro atoms. The van der Waals surface area contributed by atoms with E-state index in [4.69, 9.17) is 20.9 Å². The number of ether oxygens (including phenoxy) is 2. The van der Waals surface area contributed by atoms with Gasteiger partial charge in [-0.2, -0.15) is 4.98 Å². The van der Waals surface area contributed by atoms with Gasteiger partial charge in [-0.15, -0.1) is 0 Å². The maximum atomic E-state index is 6.37. The molecular weight excluding hydrogens is 426 g/mol. The molecule has 5 N–H and O–H groups in total. The normalized spacial score (nSPS) is 10.6. The Hall–Kier alpha value is -4.26. The zero-order valence-electron chi connectivity index (χ0n) is 19.4. The Morgan fingerprint density at radius 2 is 1.59 bits per heavy atom. The van der Waals surface area contributed by atoms with E-state index in [-0.39, 0.29) is 5.95 Å². The number of anilines is 3. The molecule has 0 saturated heterocycles. The Balaban J connectivity index is 1.78. The fourth-order valence-corrected chi connectivity index (χ4v) is 3.74. The van der Waals surface area contributed by atoms with Crippen molar-refractivity contribution in [2.45, 2.75) is 20.0 Å². The number of hydrogen-bond donors (Lipinski definition) is 3. The average Bonchev–Trinajstić information content (AvgIpc) is 2.85. The van der Waals surface area contributed by atoms with Crippen molar-refractivity contribution in [3.63, 3.8) is 0 Å². The predicted octanol–water partition coefficient (Wildman–Crippen LogP) is 4.92. The summed E-state index contributed by atoms with van der Waals surface area (Å²) in [6.07, 6.45) is 2.18. The van der Waals surface area contributed by atoms with E-state index in [9.17, 15) is 0 Å². The number of nitrogens with one attached hydrogen (secondary N) is 1. The molecule has 0 bridgehead atoms. The van der Waals surface area contributed by atoms with Gasteiger partial charge in [0, 0.05) is 30.9 Å². The van der Waals surface area contributed by atoms with Gasteiger partial charge in [0.25, 0.3) is 0 Å². The molecule has 0 aliphatic rings. The number of nitrogens with zero attached hydrogens (tertiary/aromatic N) is 2. The van der Waals surface area contributed by atoms with Gasteiger partial charge < -0.3 is 26.3 Å². The fourth-order valence-electron chi connectivity index (χ4n) is 3.74. The first-order valence-corrected chi connectivity index (χ1v) is 11.2. The first-order chi connectivity index (χ1) is 16.6. The van der Waals surface area contributed by atoms with Gasteiger partial charge in [-0.1, -0.05) is 42.5 Å². The van der Waals surface area contributed by atoms with Crippen LogP contribution in [0, 0.1) is 0 Å². The molecule has 1 aromatic heterocycles. The number of hydrogen-bond acceptors (Lipinski definition) is 7. The molecule has 7 nitrogen and oxygen atoms in total. The summed E-state index contributed by atoms with van der Waals surface area (Å²) in [6, 6.07) is 22.3. The van der Waals surface area contributed by atoms with Crippen LogP contribution in [0.1, 0.15) is 23.6 Å². The van der Waals surface area contributed by atoms with E-state index in [1.807, 2.05) is 68.6 Å². The Morgan fingerprint density at radius 3 is 2.24 bits per heavy atom. The van der Waals surface area contributed by atoms with E-state index in [0.29, 0.717) is 25.5 Å². The Kier molecular flexibility index (Phi) is 7.13. The molecular formula is C27H29N5O2. The number of nitrogens with two attached hydrogens (primary N) is 2. The zero-order valence-corrected chi connectivity index (χ0v) is 19.4. The van der Waals surface area contributed by atoms with Crippen LogP contribution < -0.4 is 26.3 Å². The van der Waals surface area contributed by atoms with Crippen LogP contribution in [0.2, 0.25) is 0 Å². The van der Waals surface area contributed by atoms with E-state index in [2.05, 4.69) is 27.4 Å². The second kappa shape index (κ2) is 10.6. The van der Waals surface area contributed by atoms with Gasteiger partial charge in [0.05, 0.1) is 12.2 Å². The van der Waals surface area contributed by atoms with Gasteiger partial charge in [0.1, 0.15) is 23.9 Å². The van der Waals surface area contributed by atoms with Gasteiger partial charge in [-0.3, -0.25) is 0 Å². The van der Waals surface area contributed by atoms with Crippen molar-refractivity contribution in [1.82, 2.24) is 9.97 Å². The van der Waals surface area contributed by atoms with E-state index in [1.54, 1.807) is 6.20 Å². The standard InChI is InChI=1S/C27H29N5O2/c1-3-33-23-14-19(13-21-16-31-27(29)32-26(21)28)15-24(34-17-18-7-5-4-6-8-18)25(23)20-9-11-22(30-2)12-10-20/h4-12,14-16,30H,3,13,17H2,1-2H3,(H4,28,29,31,32). The maximum Gasteiger partial charge on any atom is 0.221 e. The molecule has 0 aliphatic carbocycles. The van der Waals surface area contributed by atoms with Crippen molar-refractivity contribution < 1.29 is 9.47 Å². The topological polar surface area (TPSA) is 108 Å². The molecule has 7 heteroatoms. The van der Waals surface area contributed by atoms with Crippen molar-refractivity contribution in [3.05, 3.63) is 89.6 Å². The smallest absolute Gasteiger partial charge is 0.221 e. The summed E-state index contributed by atoms with van der Waals surface area (Å²) in [5.41, 5.74) is 17.5. The minimum atomic E-state index is 0.156. The molecule has 0 atom stereocenters. The lowest BCUT2D eigenvalue weighted by atomic mass is 9.98. The molecule has 4 rings (SSSR count). The zero-order chi connectivity index (χ0) is 23.9. The van der Waals surface area contributed by atoms with Crippen LogP contribution in [0.4, 0.5) is 17.5 Å². The lowest BCUT2D eigenvalue weighted by Gasteiger charge is -2.19. The van der Waals surface area contributed by atoms with Gasteiger partial charge >= 0.3 is 0 Å². The first-order valence-electron chi connectivity index (χ1n) is 11.2. The second-order valence-electron chi connectivity index (χ2n) is 7.82. The number of nitrogen functional groups attached to an aromatic ring is 2. The van der Waals surface area contributed by atoms with Gasteiger partial charge in [0.15, 0.2) is 0 Å². The Bertz CT molecular complexity index is 1240. The van der Waals surface area contributed by atoms with Crippen molar-refractivity contribution >= 4 is 17.5 Å². The first kappa shape index (κ1) is 22.9. The van der Waals surface area contributed by atoms with Crippen LogP contribution in [-0.2, 0) is 13.0 Å². The third-order valence-corrected chi connectivity index (χ3v) is 5.44. The molecule has 0 unspecified atom stereocenters. The molecule has 34 heavy (non-hydrogen) atoms. The molecule has 4 aromatic rings. The fraction of sp³-hybridized carbons (Fsp3) is 0.185. The van der Waals surface area contributed by atoms with Crippen LogP contribution >= 0.6 is 0 Å². The minimum Gasteiger partial charge on any atom is -0.493 e. The number of benzene rings is 3. The summed E-state index contributed by atoms with van der Waals surface area (Å²) in [7, 11) is 1.90. The molecule has 0 fully saturated rings. The number of aromatic nitrogens is 2. The highest BCUT2D eigenvalue weighted by Crippen LogP contribution is 2.41. The average molecular weight is 456 g/mol. The van der Waals surface area contributed by atoms with Crippen LogP contribution in [0.25, 0.3) is 11.1 Å². The maximum absolute atomic E-state index is 6.37. The molecule has 1 heterocycles. The highest BCUT2D eigenvalue weighted by molar-refractivity contribution is 5.78. The third kappa shape index (κ3) is 5.38. The Morgan fingerprint density at radius 1 is 0.882 bits per heavy atom. The van der Waals surface area contributed by atoms with E-state index in [1.165, 1.54) is 0 Å². The van der Waals surface area contributed by atoms with Gasteiger partial charge in [0.2, 0.25) is 5.95 Å². The van der Waals surface area contributed by atoms with Crippen LogP contribution in [-0.4, -0.2) is 23.6 Å². The van der Waals surface area contributed by atoms with Crippen LogP contribution in [0.3, 0.4) is 0 Å². The predicted molar refractivity (Wildman–Crippen MR) is 137 cm³/mol. The van der Waals surface area contributed by atoms with Gasteiger partial charge in [-0.05, 0) is 47.9 Å². The molecule has 0 amide bonds. The van der Waals surface area contributed by atoms with Crippen molar-refractivity contribution in [2.24, 2.45) is 0 Å².